The van der Waals surface area contributed by atoms with Gasteiger partial charge in [-0.05, 0) is 83.2 Å². The van der Waals surface area contributed by atoms with Crippen molar-refractivity contribution in [3.63, 3.8) is 0 Å². The van der Waals surface area contributed by atoms with E-state index in [2.05, 4.69) is 161 Å². The molecule has 0 N–H and O–H groups in total. The molecule has 54 heavy (non-hydrogen) atoms. The van der Waals surface area contributed by atoms with Crippen molar-refractivity contribution < 1.29 is 0 Å². The molecule has 11 aromatic rings. The largest absolute Gasteiger partial charge is 0.309 e. The van der Waals surface area contributed by atoms with Crippen LogP contribution in [0.2, 0.25) is 0 Å². The zero-order valence-corrected chi connectivity index (χ0v) is 29.0. The van der Waals surface area contributed by atoms with Crippen LogP contribution in [0.4, 0.5) is 0 Å². The highest BCUT2D eigenvalue weighted by Gasteiger charge is 2.19. The van der Waals surface area contributed by atoms with Crippen LogP contribution in [0.25, 0.3) is 99.2 Å². The molecule has 8 aromatic carbocycles. The summed E-state index contributed by atoms with van der Waals surface area (Å²) in [6.07, 6.45) is 0. The minimum Gasteiger partial charge on any atom is -0.309 e. The van der Waals surface area contributed by atoms with Crippen molar-refractivity contribution in [3.05, 3.63) is 182 Å². The molecule has 3 heterocycles. The summed E-state index contributed by atoms with van der Waals surface area (Å²) in [5.41, 5.74) is 11.2. The maximum atomic E-state index is 9.97. The van der Waals surface area contributed by atoms with Gasteiger partial charge in [0.15, 0.2) is 11.5 Å². The normalized spacial score (nSPS) is 11.7. The quantitative estimate of drug-likeness (QED) is 0.185. The molecule has 0 aliphatic heterocycles. The fourth-order valence-electron chi connectivity index (χ4n) is 8.37. The van der Waals surface area contributed by atoms with Crippen LogP contribution in [0.15, 0.2) is 176 Å². The maximum Gasteiger partial charge on any atom is 0.161 e. The van der Waals surface area contributed by atoms with Crippen LogP contribution in [0.5, 0.6) is 0 Å². The number of hydrogen-bond acceptors (Lipinski definition) is 3. The first-order valence-electron chi connectivity index (χ1n) is 18.1. The van der Waals surface area contributed by atoms with Gasteiger partial charge in [-0.25, -0.2) is 9.97 Å². The maximum absolute atomic E-state index is 9.97. The Morgan fingerprint density at radius 2 is 1.00 bits per heavy atom. The second-order valence-electron chi connectivity index (χ2n) is 13.7. The molecule has 0 unspecified atom stereocenters. The predicted molar refractivity (Wildman–Crippen MR) is 221 cm³/mol. The van der Waals surface area contributed by atoms with Gasteiger partial charge in [0.25, 0.3) is 0 Å². The number of nitrogens with zero attached hydrogens (tertiary/aromatic N) is 5. The van der Waals surface area contributed by atoms with Gasteiger partial charge in [0.05, 0.1) is 33.3 Å². The van der Waals surface area contributed by atoms with E-state index in [0.29, 0.717) is 11.5 Å². The summed E-state index contributed by atoms with van der Waals surface area (Å²) in [7, 11) is 0. The van der Waals surface area contributed by atoms with Crippen LogP contribution in [-0.4, -0.2) is 19.1 Å². The van der Waals surface area contributed by atoms with Crippen molar-refractivity contribution in [1.29, 1.82) is 5.26 Å². The Balaban J connectivity index is 1.10. The molecule has 5 nitrogen and oxygen atoms in total. The van der Waals surface area contributed by atoms with Crippen LogP contribution >= 0.6 is 0 Å². The van der Waals surface area contributed by atoms with Gasteiger partial charge in [0.1, 0.15) is 6.07 Å². The van der Waals surface area contributed by atoms with Crippen LogP contribution in [0.1, 0.15) is 5.69 Å². The van der Waals surface area contributed by atoms with E-state index in [4.69, 9.17) is 9.97 Å². The molecular weight excluding hydrogens is 659 g/mol. The Bertz CT molecular complexity index is 3350. The first kappa shape index (κ1) is 30.1. The molecule has 0 bridgehead atoms. The summed E-state index contributed by atoms with van der Waals surface area (Å²) in [5.74, 6) is 0.545. The van der Waals surface area contributed by atoms with E-state index in [1.807, 2.05) is 30.3 Å². The van der Waals surface area contributed by atoms with Gasteiger partial charge in [0.2, 0.25) is 0 Å². The average molecular weight is 688 g/mol. The fourth-order valence-corrected chi connectivity index (χ4v) is 8.37. The van der Waals surface area contributed by atoms with E-state index >= 15 is 0 Å². The Hall–Kier alpha value is -7.55. The second-order valence-corrected chi connectivity index (χ2v) is 13.7. The first-order valence-corrected chi connectivity index (χ1v) is 18.1. The third kappa shape index (κ3) is 4.44. The van der Waals surface area contributed by atoms with Crippen molar-refractivity contribution in [2.24, 2.45) is 0 Å². The summed E-state index contributed by atoms with van der Waals surface area (Å²) in [5, 5.41) is 17.7. The molecule has 0 fully saturated rings. The van der Waals surface area contributed by atoms with E-state index < -0.39 is 0 Å². The molecule has 3 aromatic heterocycles. The first-order chi connectivity index (χ1) is 26.7. The Kier molecular flexibility index (Phi) is 6.55. The number of nitriles is 1. The minimum atomic E-state index is 0.377. The van der Waals surface area contributed by atoms with Gasteiger partial charge in [-0.1, -0.05) is 109 Å². The van der Waals surface area contributed by atoms with E-state index in [1.54, 1.807) is 0 Å². The van der Waals surface area contributed by atoms with Crippen LogP contribution in [-0.2, 0) is 0 Å². The summed E-state index contributed by atoms with van der Waals surface area (Å²) >= 11 is 0. The Morgan fingerprint density at radius 1 is 0.407 bits per heavy atom. The molecule has 0 radical (unpaired) electrons. The molecule has 11 rings (SSSR count). The van der Waals surface area contributed by atoms with Crippen LogP contribution in [0, 0.1) is 11.3 Å². The van der Waals surface area contributed by atoms with E-state index in [0.717, 1.165) is 49.6 Å². The fraction of sp³-hybridized carbons (Fsp3) is 0. The van der Waals surface area contributed by atoms with Gasteiger partial charge < -0.3 is 9.13 Å². The molecule has 0 saturated heterocycles. The van der Waals surface area contributed by atoms with Gasteiger partial charge >= 0.3 is 0 Å². The lowest BCUT2D eigenvalue weighted by Gasteiger charge is -2.15. The van der Waals surface area contributed by atoms with Crippen molar-refractivity contribution in [2.75, 3.05) is 0 Å². The van der Waals surface area contributed by atoms with Crippen LogP contribution < -0.4 is 0 Å². The molecule has 0 saturated carbocycles. The predicted octanol–water partition coefficient (Wildman–Crippen LogP) is 12.2. The molecule has 5 heteroatoms. The smallest absolute Gasteiger partial charge is 0.161 e. The zero-order chi connectivity index (χ0) is 35.8. The van der Waals surface area contributed by atoms with Crippen LogP contribution in [0.3, 0.4) is 0 Å². The van der Waals surface area contributed by atoms with Gasteiger partial charge in [-0.2, -0.15) is 5.26 Å². The third-order valence-corrected chi connectivity index (χ3v) is 10.8. The van der Waals surface area contributed by atoms with Crippen molar-refractivity contribution in [3.8, 4) is 40.0 Å². The molecule has 0 atom stereocenters. The number of benzene rings is 8. The summed E-state index contributed by atoms with van der Waals surface area (Å²) < 4.78 is 4.75. The third-order valence-electron chi connectivity index (χ3n) is 10.8. The molecule has 0 spiro atoms. The monoisotopic (exact) mass is 687 g/mol. The summed E-state index contributed by atoms with van der Waals surface area (Å²) in [6.45, 7) is 0. The number of aromatic nitrogens is 4. The topological polar surface area (TPSA) is 59.4 Å². The lowest BCUT2D eigenvalue weighted by Crippen LogP contribution is -1.99. The van der Waals surface area contributed by atoms with Crippen molar-refractivity contribution in [1.82, 2.24) is 19.1 Å². The number of rotatable bonds is 4. The van der Waals surface area contributed by atoms with Gasteiger partial charge in [0, 0.05) is 43.6 Å². The van der Waals surface area contributed by atoms with Gasteiger partial charge in [-0.15, -0.1) is 0 Å². The Morgan fingerprint density at radius 3 is 1.80 bits per heavy atom. The molecule has 0 aliphatic carbocycles. The van der Waals surface area contributed by atoms with E-state index in [9.17, 15) is 5.26 Å². The molecule has 250 valence electrons. The highest BCUT2D eigenvalue weighted by molar-refractivity contribution is 6.13. The highest BCUT2D eigenvalue weighted by Crippen LogP contribution is 2.40. The zero-order valence-electron chi connectivity index (χ0n) is 29.0. The van der Waals surface area contributed by atoms with Crippen molar-refractivity contribution >= 4 is 65.3 Å². The molecular formula is C49H29N5. The lowest BCUT2D eigenvalue weighted by molar-refractivity contribution is 1.18. The van der Waals surface area contributed by atoms with E-state index in [1.165, 1.54) is 43.7 Å². The number of hydrogen-bond donors (Lipinski definition) is 0. The summed E-state index contributed by atoms with van der Waals surface area (Å²) in [6, 6.07) is 64.3. The van der Waals surface area contributed by atoms with E-state index in [-0.39, 0.29) is 0 Å². The lowest BCUT2D eigenvalue weighted by atomic mass is 10.0. The standard InChI is InChI=1S/C49H29N5/c50-30-43-40-18-6-9-19-42(40)51-49(52-43)39-25-27-46(35-15-5-4-14-34(35)39)54-45-21-11-8-17-37(45)41-28-31(23-26-47(41)54)32-22-24-38-36-16-7-10-20-44(36)53(48(38)29-32)33-12-2-1-3-13-33/h1-29H. The Labute approximate surface area is 310 Å². The SMILES string of the molecule is N#Cc1nc(-c2ccc(-n3c4ccccc4c4cc(-c5ccc6c7ccccc7n(-c7ccccc7)c6c5)ccc43)c3ccccc23)nc2ccccc12. The molecule has 0 amide bonds. The summed E-state index contributed by atoms with van der Waals surface area (Å²) in [4.78, 5) is 9.66. The van der Waals surface area contributed by atoms with Gasteiger partial charge in [-0.3, -0.25) is 0 Å². The average Bonchev–Trinajstić information content (AvgIpc) is 3.75. The minimum absolute atomic E-state index is 0.377. The number of para-hydroxylation sites is 4. The second kappa shape index (κ2) is 11.7. The number of fused-ring (bicyclic) bond motifs is 8. The highest BCUT2D eigenvalue weighted by atomic mass is 15.0. The molecule has 0 aliphatic rings. The van der Waals surface area contributed by atoms with Crippen molar-refractivity contribution in [2.45, 2.75) is 0 Å².